The molecule has 2 saturated heterocycles. The van der Waals surface area contributed by atoms with E-state index in [1.54, 1.807) is 0 Å². The molecule has 6 heteroatoms. The van der Waals surface area contributed by atoms with Crippen LogP contribution in [-0.4, -0.2) is 36.6 Å². The van der Waals surface area contributed by atoms with Gasteiger partial charge in [0.25, 0.3) is 0 Å². The number of benzene rings is 1. The molecule has 4 rings (SSSR count). The van der Waals surface area contributed by atoms with Crippen LogP contribution >= 0.6 is 0 Å². The molecule has 146 valence electrons. The molecule has 1 aromatic carbocycles. The first-order chi connectivity index (χ1) is 12.3. The fraction of sp³-hybridized carbons (Fsp3) is 0.714. The second kappa shape index (κ2) is 5.85. The maximum atomic E-state index is 6.39. The smallest absolute Gasteiger partial charge is 0.403 e. The Morgan fingerprint density at radius 3 is 1.22 bits per heavy atom. The summed E-state index contributed by atoms with van der Waals surface area (Å²) in [6.45, 7) is 16.9. The summed E-state index contributed by atoms with van der Waals surface area (Å²) in [5, 5.41) is 0. The summed E-state index contributed by atoms with van der Waals surface area (Å²) < 4.78 is 25.6. The lowest BCUT2D eigenvalue weighted by Crippen LogP contribution is -2.41. The normalized spacial score (nSPS) is 32.7. The van der Waals surface area contributed by atoms with Crippen LogP contribution < -0.4 is 0 Å². The van der Waals surface area contributed by atoms with Gasteiger partial charge in [-0.05, 0) is 72.9 Å². The second-order valence-electron chi connectivity index (χ2n) is 10.3. The van der Waals surface area contributed by atoms with Crippen LogP contribution in [0.15, 0.2) is 24.3 Å². The van der Waals surface area contributed by atoms with Crippen molar-refractivity contribution in [3.05, 3.63) is 35.4 Å². The Balaban J connectivity index is 1.63. The minimum atomic E-state index is -0.324. The SMILES string of the molecule is CC1(C)OB(C2CC(B3OC(C)(C)C(C)(C)O3)c3ccccc32)OC1(C)C. The van der Waals surface area contributed by atoms with Crippen LogP contribution in [-0.2, 0) is 18.6 Å². The minimum absolute atomic E-state index is 0.186. The lowest BCUT2D eigenvalue weighted by atomic mass is 9.64. The topological polar surface area (TPSA) is 36.9 Å². The minimum Gasteiger partial charge on any atom is -0.403 e. The highest BCUT2D eigenvalue weighted by atomic mass is 16.7. The van der Waals surface area contributed by atoms with E-state index in [0.29, 0.717) is 0 Å². The number of hydrogen-bond donors (Lipinski definition) is 0. The molecule has 2 atom stereocenters. The van der Waals surface area contributed by atoms with Crippen LogP contribution in [0.25, 0.3) is 0 Å². The molecule has 2 unspecified atom stereocenters. The van der Waals surface area contributed by atoms with E-state index < -0.39 is 0 Å². The Hall–Kier alpha value is -0.810. The molecule has 2 fully saturated rings. The zero-order valence-electron chi connectivity index (χ0n) is 18.0. The average Bonchev–Trinajstić information content (AvgIpc) is 3.08. The van der Waals surface area contributed by atoms with Gasteiger partial charge in [-0.2, -0.15) is 0 Å². The lowest BCUT2D eigenvalue weighted by Gasteiger charge is -2.32. The predicted molar refractivity (Wildman–Crippen MR) is 109 cm³/mol. The quantitative estimate of drug-likeness (QED) is 0.718. The average molecular weight is 370 g/mol. The summed E-state index contributed by atoms with van der Waals surface area (Å²) in [4.78, 5) is 0. The van der Waals surface area contributed by atoms with Crippen molar-refractivity contribution in [2.75, 3.05) is 0 Å². The van der Waals surface area contributed by atoms with Gasteiger partial charge in [0.1, 0.15) is 0 Å². The Bertz CT molecular complexity index is 650. The molecule has 2 heterocycles. The van der Waals surface area contributed by atoms with Gasteiger partial charge in [0.15, 0.2) is 0 Å². The molecule has 0 aromatic heterocycles. The van der Waals surface area contributed by atoms with Gasteiger partial charge in [-0.3, -0.25) is 0 Å². The van der Waals surface area contributed by atoms with Crippen LogP contribution in [0.3, 0.4) is 0 Å². The van der Waals surface area contributed by atoms with Gasteiger partial charge < -0.3 is 18.6 Å². The molecular formula is C21H32B2O4. The van der Waals surface area contributed by atoms with E-state index in [1.165, 1.54) is 11.1 Å². The van der Waals surface area contributed by atoms with Gasteiger partial charge in [0, 0.05) is 11.6 Å². The van der Waals surface area contributed by atoms with E-state index in [4.69, 9.17) is 18.6 Å². The molecular weight excluding hydrogens is 338 g/mol. The van der Waals surface area contributed by atoms with Crippen molar-refractivity contribution in [1.82, 2.24) is 0 Å². The third-order valence-corrected chi connectivity index (χ3v) is 7.50. The Labute approximate surface area is 164 Å². The van der Waals surface area contributed by atoms with Crippen LogP contribution in [0, 0.1) is 0 Å². The summed E-state index contributed by atoms with van der Waals surface area (Å²) in [6, 6.07) is 8.61. The van der Waals surface area contributed by atoms with E-state index >= 15 is 0 Å². The summed E-state index contributed by atoms with van der Waals surface area (Å²) in [7, 11) is -0.493. The second-order valence-corrected chi connectivity index (χ2v) is 10.3. The zero-order chi connectivity index (χ0) is 19.8. The highest BCUT2D eigenvalue weighted by molar-refractivity contribution is 6.51. The van der Waals surface area contributed by atoms with Gasteiger partial charge in [0.2, 0.25) is 0 Å². The fourth-order valence-corrected chi connectivity index (χ4v) is 4.34. The van der Waals surface area contributed by atoms with E-state index in [1.807, 2.05) is 0 Å². The molecule has 1 aromatic rings. The molecule has 0 spiro atoms. The van der Waals surface area contributed by atoms with Crippen LogP contribution in [0.4, 0.5) is 0 Å². The monoisotopic (exact) mass is 370 g/mol. The molecule has 1 aliphatic carbocycles. The Morgan fingerprint density at radius 2 is 0.926 bits per heavy atom. The zero-order valence-corrected chi connectivity index (χ0v) is 18.0. The van der Waals surface area contributed by atoms with Crippen molar-refractivity contribution >= 4 is 14.2 Å². The molecule has 27 heavy (non-hydrogen) atoms. The van der Waals surface area contributed by atoms with Crippen molar-refractivity contribution in [1.29, 1.82) is 0 Å². The molecule has 0 radical (unpaired) electrons. The van der Waals surface area contributed by atoms with Crippen LogP contribution in [0.2, 0.25) is 0 Å². The number of hydrogen-bond acceptors (Lipinski definition) is 4. The van der Waals surface area contributed by atoms with Gasteiger partial charge in [-0.1, -0.05) is 24.3 Å². The standard InChI is InChI=1S/C21H32B2O4/c1-18(2)19(3,4)25-22(24-18)16-13-17(15-12-10-9-11-14(15)16)23-26-20(5,6)21(7,8)27-23/h9-12,16-17H,13H2,1-8H3. The van der Waals surface area contributed by atoms with Gasteiger partial charge in [0.05, 0.1) is 22.4 Å². The fourth-order valence-electron chi connectivity index (χ4n) is 4.34. The number of fused-ring (bicyclic) bond motifs is 1. The molecule has 0 N–H and O–H groups in total. The summed E-state index contributed by atoms with van der Waals surface area (Å²) in [5.74, 6) is 0.373. The van der Waals surface area contributed by atoms with E-state index in [2.05, 4.69) is 79.7 Å². The summed E-state index contributed by atoms with van der Waals surface area (Å²) >= 11 is 0. The van der Waals surface area contributed by atoms with Gasteiger partial charge in [-0.25, -0.2) is 0 Å². The third kappa shape index (κ3) is 2.91. The maximum Gasteiger partial charge on any atom is 0.465 e. The Morgan fingerprint density at radius 1 is 0.630 bits per heavy atom. The summed E-state index contributed by atoms with van der Waals surface area (Å²) in [6.07, 6.45) is 0.910. The van der Waals surface area contributed by atoms with Gasteiger partial charge in [-0.15, -0.1) is 0 Å². The van der Waals surface area contributed by atoms with E-state index in [0.717, 1.165) is 6.42 Å². The van der Waals surface area contributed by atoms with Crippen molar-refractivity contribution < 1.29 is 18.6 Å². The van der Waals surface area contributed by atoms with Crippen molar-refractivity contribution in [2.45, 2.75) is 95.8 Å². The molecule has 0 bridgehead atoms. The van der Waals surface area contributed by atoms with Crippen molar-refractivity contribution in [3.8, 4) is 0 Å². The first-order valence-corrected chi connectivity index (χ1v) is 10.1. The largest absolute Gasteiger partial charge is 0.465 e. The van der Waals surface area contributed by atoms with Crippen LogP contribution in [0.1, 0.15) is 84.6 Å². The van der Waals surface area contributed by atoms with Gasteiger partial charge >= 0.3 is 14.2 Å². The predicted octanol–water partition coefficient (Wildman–Crippen LogP) is 4.52. The van der Waals surface area contributed by atoms with Crippen LogP contribution in [0.5, 0.6) is 0 Å². The first-order valence-electron chi connectivity index (χ1n) is 10.1. The van der Waals surface area contributed by atoms with Crippen molar-refractivity contribution in [3.63, 3.8) is 0 Å². The summed E-state index contributed by atoms with van der Waals surface area (Å²) in [5.41, 5.74) is 1.31. The highest BCUT2D eigenvalue weighted by Gasteiger charge is 2.60. The molecule has 0 amide bonds. The molecule has 0 saturated carbocycles. The van der Waals surface area contributed by atoms with Crippen molar-refractivity contribution in [2.24, 2.45) is 0 Å². The highest BCUT2D eigenvalue weighted by Crippen LogP contribution is 2.52. The van der Waals surface area contributed by atoms with E-state index in [9.17, 15) is 0 Å². The molecule has 4 nitrogen and oxygen atoms in total. The maximum absolute atomic E-state index is 6.39. The lowest BCUT2D eigenvalue weighted by molar-refractivity contribution is 0.00578. The number of rotatable bonds is 2. The molecule has 2 aliphatic heterocycles. The third-order valence-electron chi connectivity index (χ3n) is 7.50. The first kappa shape index (κ1) is 19.5. The molecule has 3 aliphatic rings. The Kier molecular flexibility index (Phi) is 4.23. The van der Waals surface area contributed by atoms with E-state index in [-0.39, 0.29) is 48.3 Å².